The SMILES string of the molecule is Cc1cc(N2CCC3(CC2)CC3(F)F)nc(C2CC2)n1. The lowest BCUT2D eigenvalue weighted by atomic mass is 9.93. The molecule has 1 aliphatic heterocycles. The molecule has 4 rings (SSSR count). The highest BCUT2D eigenvalue weighted by Gasteiger charge is 2.70. The van der Waals surface area contributed by atoms with Gasteiger partial charge < -0.3 is 4.90 Å². The standard InChI is InChI=1S/C15H19F2N3/c1-10-8-12(19-13(18-10)11-2-3-11)20-6-4-14(5-7-20)9-15(14,16)17/h8,11H,2-7,9H2,1H3. The predicted molar refractivity (Wildman–Crippen MR) is 72.2 cm³/mol. The monoisotopic (exact) mass is 279 g/mol. The molecule has 5 heteroatoms. The Kier molecular flexibility index (Phi) is 2.43. The van der Waals surface area contributed by atoms with Gasteiger partial charge >= 0.3 is 0 Å². The molecule has 2 heterocycles. The molecule has 0 radical (unpaired) electrons. The van der Waals surface area contributed by atoms with E-state index >= 15 is 0 Å². The zero-order chi connectivity index (χ0) is 14.0. The summed E-state index contributed by atoms with van der Waals surface area (Å²) in [5.74, 6) is -0.0207. The molecule has 0 N–H and O–H groups in total. The third-order valence-electron chi connectivity index (χ3n) is 5.06. The molecule has 0 unspecified atom stereocenters. The van der Waals surface area contributed by atoms with Gasteiger partial charge in [-0.15, -0.1) is 0 Å². The van der Waals surface area contributed by atoms with Crippen LogP contribution in [0.5, 0.6) is 0 Å². The first-order valence-corrected chi connectivity index (χ1v) is 7.48. The van der Waals surface area contributed by atoms with Crippen molar-refractivity contribution >= 4 is 5.82 Å². The highest BCUT2D eigenvalue weighted by atomic mass is 19.3. The summed E-state index contributed by atoms with van der Waals surface area (Å²) in [5, 5.41) is 0. The molecule has 20 heavy (non-hydrogen) atoms. The maximum Gasteiger partial charge on any atom is 0.254 e. The van der Waals surface area contributed by atoms with Gasteiger partial charge in [-0.05, 0) is 32.6 Å². The van der Waals surface area contributed by atoms with Gasteiger partial charge in [-0.25, -0.2) is 18.7 Å². The average Bonchev–Trinajstić information content (AvgIpc) is 3.28. The van der Waals surface area contributed by atoms with E-state index < -0.39 is 11.3 Å². The van der Waals surface area contributed by atoms with Crippen molar-refractivity contribution in [2.75, 3.05) is 18.0 Å². The van der Waals surface area contributed by atoms with Crippen molar-refractivity contribution in [2.45, 2.75) is 50.9 Å². The molecular weight excluding hydrogens is 260 g/mol. The van der Waals surface area contributed by atoms with E-state index in [1.807, 2.05) is 13.0 Å². The van der Waals surface area contributed by atoms with E-state index in [1.54, 1.807) is 0 Å². The Morgan fingerprint density at radius 3 is 2.40 bits per heavy atom. The van der Waals surface area contributed by atoms with Gasteiger partial charge in [0.1, 0.15) is 11.6 Å². The summed E-state index contributed by atoms with van der Waals surface area (Å²) in [6.45, 7) is 3.36. The van der Waals surface area contributed by atoms with Gasteiger partial charge in [-0.3, -0.25) is 0 Å². The molecule has 3 fully saturated rings. The summed E-state index contributed by atoms with van der Waals surface area (Å²) >= 11 is 0. The number of piperidine rings is 1. The van der Waals surface area contributed by atoms with Crippen LogP contribution < -0.4 is 4.90 Å². The van der Waals surface area contributed by atoms with Crippen molar-refractivity contribution in [3.05, 3.63) is 17.6 Å². The molecule has 3 nitrogen and oxygen atoms in total. The van der Waals surface area contributed by atoms with Crippen LogP contribution in [0.1, 0.15) is 49.5 Å². The summed E-state index contributed by atoms with van der Waals surface area (Å²) in [4.78, 5) is 11.3. The number of alkyl halides is 2. The number of aryl methyl sites for hydroxylation is 1. The van der Waals surface area contributed by atoms with E-state index in [4.69, 9.17) is 0 Å². The highest BCUT2D eigenvalue weighted by molar-refractivity contribution is 5.41. The Labute approximate surface area is 117 Å². The Balaban J connectivity index is 1.51. The predicted octanol–water partition coefficient (Wildman–Crippen LogP) is 3.29. The van der Waals surface area contributed by atoms with Gasteiger partial charge in [0.15, 0.2) is 0 Å². The quantitative estimate of drug-likeness (QED) is 0.832. The normalized spacial score (nSPS) is 26.9. The third kappa shape index (κ3) is 1.90. The fourth-order valence-electron chi connectivity index (χ4n) is 3.35. The zero-order valence-corrected chi connectivity index (χ0v) is 11.7. The van der Waals surface area contributed by atoms with Gasteiger partial charge in [-0.2, -0.15) is 0 Å². The highest BCUT2D eigenvalue weighted by Crippen LogP contribution is 2.65. The molecule has 0 bridgehead atoms. The van der Waals surface area contributed by atoms with Crippen LogP contribution in [0.2, 0.25) is 0 Å². The molecule has 0 aromatic carbocycles. The average molecular weight is 279 g/mol. The third-order valence-corrected chi connectivity index (χ3v) is 5.06. The topological polar surface area (TPSA) is 29.0 Å². The van der Waals surface area contributed by atoms with Crippen molar-refractivity contribution in [2.24, 2.45) is 5.41 Å². The first-order valence-electron chi connectivity index (χ1n) is 7.48. The Hall–Kier alpha value is -1.26. The smallest absolute Gasteiger partial charge is 0.254 e. The van der Waals surface area contributed by atoms with Crippen molar-refractivity contribution in [3.63, 3.8) is 0 Å². The van der Waals surface area contributed by atoms with Crippen molar-refractivity contribution in [1.29, 1.82) is 0 Å². The van der Waals surface area contributed by atoms with Crippen LogP contribution in [-0.2, 0) is 0 Å². The second kappa shape index (κ2) is 3.89. The minimum Gasteiger partial charge on any atom is -0.356 e. The van der Waals surface area contributed by atoms with Gasteiger partial charge in [0, 0.05) is 42.6 Å². The first kappa shape index (κ1) is 12.5. The maximum atomic E-state index is 13.4. The van der Waals surface area contributed by atoms with Gasteiger partial charge in [-0.1, -0.05) is 0 Å². The van der Waals surface area contributed by atoms with Crippen LogP contribution in [0.25, 0.3) is 0 Å². The maximum absolute atomic E-state index is 13.4. The molecule has 1 saturated heterocycles. The second-order valence-corrected chi connectivity index (χ2v) is 6.65. The minimum absolute atomic E-state index is 0.0873. The van der Waals surface area contributed by atoms with Crippen molar-refractivity contribution in [3.8, 4) is 0 Å². The van der Waals surface area contributed by atoms with E-state index in [-0.39, 0.29) is 6.42 Å². The van der Waals surface area contributed by atoms with E-state index in [0.717, 1.165) is 17.3 Å². The van der Waals surface area contributed by atoms with Crippen LogP contribution in [0, 0.1) is 12.3 Å². The van der Waals surface area contributed by atoms with Crippen LogP contribution in [0.4, 0.5) is 14.6 Å². The molecule has 0 atom stereocenters. The minimum atomic E-state index is -2.42. The summed E-state index contributed by atoms with van der Waals surface area (Å²) in [6.07, 6.45) is 3.62. The molecule has 0 amide bonds. The second-order valence-electron chi connectivity index (χ2n) is 6.65. The van der Waals surface area contributed by atoms with E-state index in [0.29, 0.717) is 31.8 Å². The molecule has 1 spiro atoms. The number of aromatic nitrogens is 2. The van der Waals surface area contributed by atoms with Crippen molar-refractivity contribution in [1.82, 2.24) is 9.97 Å². The summed E-state index contributed by atoms with van der Waals surface area (Å²) in [7, 11) is 0. The van der Waals surface area contributed by atoms with Crippen LogP contribution >= 0.6 is 0 Å². The number of anilines is 1. The lowest BCUT2D eigenvalue weighted by molar-refractivity contribution is 0.0536. The van der Waals surface area contributed by atoms with Crippen LogP contribution in [0.15, 0.2) is 6.07 Å². The fraction of sp³-hybridized carbons (Fsp3) is 0.733. The summed E-state index contributed by atoms with van der Waals surface area (Å²) in [6, 6.07) is 1.98. The fourth-order valence-corrected chi connectivity index (χ4v) is 3.35. The molecule has 1 aromatic heterocycles. The molecular formula is C15H19F2N3. The Morgan fingerprint density at radius 1 is 1.20 bits per heavy atom. The molecule has 108 valence electrons. The number of rotatable bonds is 2. The Bertz CT molecular complexity index is 546. The number of hydrogen-bond acceptors (Lipinski definition) is 3. The number of hydrogen-bond donors (Lipinski definition) is 0. The number of nitrogens with zero attached hydrogens (tertiary/aromatic N) is 3. The van der Waals surface area contributed by atoms with Gasteiger partial charge in [0.2, 0.25) is 0 Å². The van der Waals surface area contributed by atoms with Gasteiger partial charge in [0.05, 0.1) is 0 Å². The van der Waals surface area contributed by atoms with Crippen LogP contribution in [0.3, 0.4) is 0 Å². The Morgan fingerprint density at radius 2 is 1.85 bits per heavy atom. The van der Waals surface area contributed by atoms with E-state index in [2.05, 4.69) is 14.9 Å². The molecule has 3 aliphatic rings. The van der Waals surface area contributed by atoms with Crippen LogP contribution in [-0.4, -0.2) is 29.0 Å². The zero-order valence-electron chi connectivity index (χ0n) is 11.7. The number of halogens is 2. The molecule has 2 aliphatic carbocycles. The lowest BCUT2D eigenvalue weighted by Crippen LogP contribution is -2.37. The van der Waals surface area contributed by atoms with E-state index in [1.165, 1.54) is 12.8 Å². The van der Waals surface area contributed by atoms with Crippen molar-refractivity contribution < 1.29 is 8.78 Å². The largest absolute Gasteiger partial charge is 0.356 e. The first-order chi connectivity index (χ1) is 9.49. The molecule has 2 saturated carbocycles. The lowest BCUT2D eigenvalue weighted by Gasteiger charge is -2.33. The van der Waals surface area contributed by atoms with E-state index in [9.17, 15) is 8.78 Å². The summed E-state index contributed by atoms with van der Waals surface area (Å²) in [5.41, 5.74) is 0.291. The summed E-state index contributed by atoms with van der Waals surface area (Å²) < 4.78 is 26.8. The van der Waals surface area contributed by atoms with Gasteiger partial charge in [0.25, 0.3) is 5.92 Å². The molecule has 1 aromatic rings.